The average molecular weight is 274 g/mol. The number of benzene rings is 1. The summed E-state index contributed by atoms with van der Waals surface area (Å²) in [4.78, 5) is 12.2. The van der Waals surface area contributed by atoms with Gasteiger partial charge in [0.2, 0.25) is 5.91 Å². The van der Waals surface area contributed by atoms with Crippen molar-refractivity contribution < 1.29 is 4.79 Å². The van der Waals surface area contributed by atoms with Crippen molar-refractivity contribution in [2.45, 2.75) is 58.0 Å². The molecule has 0 spiro atoms. The lowest BCUT2D eigenvalue weighted by molar-refractivity contribution is -0.123. The van der Waals surface area contributed by atoms with Crippen LogP contribution in [0.1, 0.15) is 45.1 Å². The van der Waals surface area contributed by atoms with E-state index in [-0.39, 0.29) is 11.9 Å². The van der Waals surface area contributed by atoms with Crippen molar-refractivity contribution >= 4 is 5.91 Å². The Morgan fingerprint density at radius 2 is 2.10 bits per heavy atom. The van der Waals surface area contributed by atoms with Crippen LogP contribution in [0, 0.1) is 5.41 Å². The number of hydrogen-bond acceptors (Lipinski definition) is 2. The highest BCUT2D eigenvalue weighted by atomic mass is 16.2. The molecule has 0 radical (unpaired) electrons. The van der Waals surface area contributed by atoms with E-state index in [1.165, 1.54) is 12.8 Å². The Kier molecular flexibility index (Phi) is 4.81. The molecule has 3 heteroatoms. The van der Waals surface area contributed by atoms with Gasteiger partial charge in [0, 0.05) is 6.04 Å². The Morgan fingerprint density at radius 3 is 2.75 bits per heavy atom. The Labute approximate surface area is 121 Å². The van der Waals surface area contributed by atoms with E-state index in [2.05, 4.69) is 19.2 Å². The molecule has 2 atom stereocenters. The van der Waals surface area contributed by atoms with Crippen LogP contribution in [0.25, 0.3) is 0 Å². The number of rotatable bonds is 4. The van der Waals surface area contributed by atoms with E-state index in [0.29, 0.717) is 11.8 Å². The van der Waals surface area contributed by atoms with Crippen molar-refractivity contribution in [1.29, 1.82) is 0 Å². The zero-order valence-corrected chi connectivity index (χ0v) is 12.6. The van der Waals surface area contributed by atoms with E-state index < -0.39 is 6.04 Å². The Morgan fingerprint density at radius 1 is 1.40 bits per heavy atom. The highest BCUT2D eigenvalue weighted by Gasteiger charge is 2.29. The molecule has 1 aromatic carbocycles. The van der Waals surface area contributed by atoms with Gasteiger partial charge in [-0.3, -0.25) is 4.79 Å². The summed E-state index contributed by atoms with van der Waals surface area (Å²) in [5, 5.41) is 3.13. The lowest BCUT2D eigenvalue weighted by Crippen LogP contribution is -2.48. The van der Waals surface area contributed by atoms with Gasteiger partial charge < -0.3 is 11.1 Å². The standard InChI is InChI=1S/C17H26N2O/c1-17(2)10-6-9-14(12-17)19-16(20)15(18)11-13-7-4-3-5-8-13/h3-5,7-8,14-15H,6,9-12,18H2,1-2H3,(H,19,20)/t14?,15-/m1/s1. The maximum Gasteiger partial charge on any atom is 0.237 e. The third-order valence-electron chi connectivity index (χ3n) is 4.19. The highest BCUT2D eigenvalue weighted by molar-refractivity contribution is 5.82. The number of carbonyl (C=O) groups excluding carboxylic acids is 1. The fraction of sp³-hybridized carbons (Fsp3) is 0.588. The molecule has 1 aliphatic carbocycles. The first-order valence-electron chi connectivity index (χ1n) is 7.56. The summed E-state index contributed by atoms with van der Waals surface area (Å²) in [5.74, 6) is -0.0171. The van der Waals surface area contributed by atoms with Crippen LogP contribution in [0.4, 0.5) is 0 Å². The second-order valence-corrected chi connectivity index (χ2v) is 6.76. The lowest BCUT2D eigenvalue weighted by Gasteiger charge is -2.36. The molecule has 1 unspecified atom stereocenters. The highest BCUT2D eigenvalue weighted by Crippen LogP contribution is 2.35. The maximum absolute atomic E-state index is 12.2. The van der Waals surface area contributed by atoms with Crippen LogP contribution in [0.15, 0.2) is 30.3 Å². The van der Waals surface area contributed by atoms with E-state index >= 15 is 0 Å². The average Bonchev–Trinajstić information content (AvgIpc) is 2.38. The summed E-state index contributed by atoms with van der Waals surface area (Å²) in [7, 11) is 0. The van der Waals surface area contributed by atoms with Crippen molar-refractivity contribution in [1.82, 2.24) is 5.32 Å². The van der Waals surface area contributed by atoms with Gasteiger partial charge >= 0.3 is 0 Å². The molecule has 0 heterocycles. The van der Waals surface area contributed by atoms with Gasteiger partial charge in [0.25, 0.3) is 0 Å². The summed E-state index contributed by atoms with van der Waals surface area (Å²) < 4.78 is 0. The molecule has 1 amide bonds. The van der Waals surface area contributed by atoms with Crippen LogP contribution in [0.3, 0.4) is 0 Å². The molecule has 20 heavy (non-hydrogen) atoms. The summed E-state index contributed by atoms with van der Waals surface area (Å²) in [5.41, 5.74) is 7.47. The van der Waals surface area contributed by atoms with E-state index in [1.807, 2.05) is 30.3 Å². The first kappa shape index (κ1) is 15.0. The second kappa shape index (κ2) is 6.40. The van der Waals surface area contributed by atoms with E-state index in [4.69, 9.17) is 5.73 Å². The summed E-state index contributed by atoms with van der Waals surface area (Å²) in [6.07, 6.45) is 5.16. The molecule has 0 aromatic heterocycles. The van der Waals surface area contributed by atoms with Gasteiger partial charge in [-0.05, 0) is 36.7 Å². The third kappa shape index (κ3) is 4.34. The predicted molar refractivity (Wildman–Crippen MR) is 82.3 cm³/mol. The smallest absolute Gasteiger partial charge is 0.237 e. The van der Waals surface area contributed by atoms with Crippen LogP contribution >= 0.6 is 0 Å². The van der Waals surface area contributed by atoms with Crippen LogP contribution in [0.5, 0.6) is 0 Å². The molecule has 110 valence electrons. The predicted octanol–water partition coefficient (Wildman–Crippen LogP) is 2.64. The molecular weight excluding hydrogens is 248 g/mol. The number of nitrogens with one attached hydrogen (secondary N) is 1. The van der Waals surface area contributed by atoms with Gasteiger partial charge in [0.1, 0.15) is 0 Å². The third-order valence-corrected chi connectivity index (χ3v) is 4.19. The topological polar surface area (TPSA) is 55.1 Å². The molecule has 1 saturated carbocycles. The number of amides is 1. The summed E-state index contributed by atoms with van der Waals surface area (Å²) >= 11 is 0. The van der Waals surface area contributed by atoms with Crippen molar-refractivity contribution in [3.05, 3.63) is 35.9 Å². The molecular formula is C17H26N2O. The summed E-state index contributed by atoms with van der Waals surface area (Å²) in [6.45, 7) is 4.55. The van der Waals surface area contributed by atoms with Gasteiger partial charge in [0.15, 0.2) is 0 Å². The molecule has 0 bridgehead atoms. The minimum atomic E-state index is -0.456. The molecule has 3 nitrogen and oxygen atoms in total. The number of hydrogen-bond donors (Lipinski definition) is 2. The molecule has 2 rings (SSSR count). The van der Waals surface area contributed by atoms with Crippen molar-refractivity contribution in [2.75, 3.05) is 0 Å². The number of nitrogens with two attached hydrogens (primary N) is 1. The van der Waals surface area contributed by atoms with E-state index in [1.54, 1.807) is 0 Å². The molecule has 0 aliphatic heterocycles. The van der Waals surface area contributed by atoms with Crippen molar-refractivity contribution in [3.8, 4) is 0 Å². The zero-order chi connectivity index (χ0) is 14.6. The first-order chi connectivity index (χ1) is 9.46. The second-order valence-electron chi connectivity index (χ2n) is 6.76. The molecule has 3 N–H and O–H groups in total. The Hall–Kier alpha value is -1.35. The minimum Gasteiger partial charge on any atom is -0.352 e. The maximum atomic E-state index is 12.2. The lowest BCUT2D eigenvalue weighted by atomic mass is 9.75. The van der Waals surface area contributed by atoms with Crippen LogP contribution in [0.2, 0.25) is 0 Å². The molecule has 1 aromatic rings. The summed E-state index contributed by atoms with van der Waals surface area (Å²) in [6, 6.07) is 9.77. The number of carbonyl (C=O) groups is 1. The molecule has 0 saturated heterocycles. The largest absolute Gasteiger partial charge is 0.352 e. The Balaban J connectivity index is 1.85. The fourth-order valence-electron chi connectivity index (χ4n) is 3.09. The van der Waals surface area contributed by atoms with Gasteiger partial charge in [-0.25, -0.2) is 0 Å². The van der Waals surface area contributed by atoms with Crippen molar-refractivity contribution in [2.24, 2.45) is 11.1 Å². The van der Waals surface area contributed by atoms with Crippen LogP contribution in [-0.2, 0) is 11.2 Å². The van der Waals surface area contributed by atoms with Crippen LogP contribution < -0.4 is 11.1 Å². The normalized spacial score (nSPS) is 23.1. The first-order valence-corrected chi connectivity index (χ1v) is 7.56. The van der Waals surface area contributed by atoms with Gasteiger partial charge in [0.05, 0.1) is 6.04 Å². The zero-order valence-electron chi connectivity index (χ0n) is 12.6. The SMILES string of the molecule is CC1(C)CCCC(NC(=O)[C@H](N)Cc2ccccc2)C1. The van der Waals surface area contributed by atoms with Crippen LogP contribution in [-0.4, -0.2) is 18.0 Å². The Bertz CT molecular complexity index is 442. The minimum absolute atomic E-state index is 0.0171. The fourth-order valence-corrected chi connectivity index (χ4v) is 3.09. The van der Waals surface area contributed by atoms with E-state index in [0.717, 1.165) is 18.4 Å². The van der Waals surface area contributed by atoms with Gasteiger partial charge in [-0.15, -0.1) is 0 Å². The van der Waals surface area contributed by atoms with Gasteiger partial charge in [-0.2, -0.15) is 0 Å². The quantitative estimate of drug-likeness (QED) is 0.887. The van der Waals surface area contributed by atoms with E-state index in [9.17, 15) is 4.79 Å². The van der Waals surface area contributed by atoms with Crippen molar-refractivity contribution in [3.63, 3.8) is 0 Å². The molecule has 1 aliphatic rings. The van der Waals surface area contributed by atoms with Gasteiger partial charge in [-0.1, -0.05) is 50.6 Å². The molecule has 1 fully saturated rings. The monoisotopic (exact) mass is 274 g/mol.